The molecule has 0 aliphatic heterocycles. The second-order valence-electron chi connectivity index (χ2n) is 5.46. The number of hydrogen-bond acceptors (Lipinski definition) is 6. The summed E-state index contributed by atoms with van der Waals surface area (Å²) in [5.41, 5.74) is 0.826. The number of benzene rings is 1. The zero-order valence-electron chi connectivity index (χ0n) is 15.2. The molecule has 0 saturated carbocycles. The maximum atomic E-state index is 12.1. The molecule has 0 saturated heterocycles. The molecule has 1 heterocycles. The number of nitrogens with one attached hydrogen (secondary N) is 1. The summed E-state index contributed by atoms with van der Waals surface area (Å²) in [4.78, 5) is 23.9. The molecule has 0 fully saturated rings. The van der Waals surface area contributed by atoms with E-state index < -0.39 is 18.0 Å². The van der Waals surface area contributed by atoms with Gasteiger partial charge in [-0.05, 0) is 65.4 Å². The summed E-state index contributed by atoms with van der Waals surface area (Å²) in [5, 5.41) is 2.71. The Kier molecular flexibility index (Phi) is 7.71. The summed E-state index contributed by atoms with van der Waals surface area (Å²) < 4.78 is 21.5. The second kappa shape index (κ2) is 10.0. The molecule has 0 spiro atoms. The smallest absolute Gasteiger partial charge is 0.331 e. The van der Waals surface area contributed by atoms with Crippen molar-refractivity contribution in [1.82, 2.24) is 5.32 Å². The Hall–Kier alpha value is -2.49. The van der Waals surface area contributed by atoms with Gasteiger partial charge in [-0.3, -0.25) is 4.79 Å². The van der Waals surface area contributed by atoms with E-state index in [1.165, 1.54) is 19.1 Å². The molecule has 1 aromatic heterocycles. The van der Waals surface area contributed by atoms with Gasteiger partial charge in [-0.15, -0.1) is 0 Å². The minimum Gasteiger partial charge on any atom is -0.493 e. The van der Waals surface area contributed by atoms with Crippen molar-refractivity contribution in [3.05, 3.63) is 51.5 Å². The SMILES string of the molecule is COc1ccc(CNC(=O)C(C)OC(=O)/C=C/c2ccc(I)o2)cc1OC. The average molecular weight is 485 g/mol. The molecule has 0 aliphatic carbocycles. The van der Waals surface area contributed by atoms with Gasteiger partial charge >= 0.3 is 5.97 Å². The molecular weight excluding hydrogens is 465 g/mol. The number of hydrogen-bond donors (Lipinski definition) is 1. The van der Waals surface area contributed by atoms with Crippen LogP contribution in [-0.2, 0) is 20.9 Å². The highest BCUT2D eigenvalue weighted by atomic mass is 127. The summed E-state index contributed by atoms with van der Waals surface area (Å²) in [7, 11) is 3.09. The van der Waals surface area contributed by atoms with Crippen LogP contribution in [0.25, 0.3) is 6.08 Å². The fourth-order valence-electron chi connectivity index (χ4n) is 2.16. The number of esters is 1. The van der Waals surface area contributed by atoms with Crippen LogP contribution in [-0.4, -0.2) is 32.2 Å². The van der Waals surface area contributed by atoms with Crippen LogP contribution in [0, 0.1) is 3.77 Å². The molecule has 1 unspecified atom stereocenters. The van der Waals surface area contributed by atoms with Crippen LogP contribution in [0.15, 0.2) is 40.8 Å². The van der Waals surface area contributed by atoms with E-state index in [1.807, 2.05) is 28.7 Å². The fourth-order valence-corrected chi connectivity index (χ4v) is 2.59. The van der Waals surface area contributed by atoms with Gasteiger partial charge in [0.2, 0.25) is 0 Å². The lowest BCUT2D eigenvalue weighted by molar-refractivity contribution is -0.150. The predicted molar refractivity (Wildman–Crippen MR) is 107 cm³/mol. The Balaban J connectivity index is 1.84. The lowest BCUT2D eigenvalue weighted by Gasteiger charge is -2.13. The van der Waals surface area contributed by atoms with Gasteiger partial charge in [-0.2, -0.15) is 0 Å². The molecule has 1 amide bonds. The van der Waals surface area contributed by atoms with E-state index in [0.29, 0.717) is 21.0 Å². The summed E-state index contributed by atoms with van der Waals surface area (Å²) in [6.07, 6.45) is 1.77. The van der Waals surface area contributed by atoms with Gasteiger partial charge in [-0.1, -0.05) is 6.07 Å². The maximum absolute atomic E-state index is 12.1. The van der Waals surface area contributed by atoms with Crippen molar-refractivity contribution in [1.29, 1.82) is 0 Å². The Bertz CT molecular complexity index is 829. The molecule has 27 heavy (non-hydrogen) atoms. The number of furan rings is 1. The number of carbonyl (C=O) groups is 2. The van der Waals surface area contributed by atoms with Gasteiger partial charge in [0.05, 0.1) is 14.2 Å². The Morgan fingerprint density at radius 3 is 2.56 bits per heavy atom. The summed E-state index contributed by atoms with van der Waals surface area (Å²) in [6.45, 7) is 1.77. The van der Waals surface area contributed by atoms with Crippen LogP contribution in [0.2, 0.25) is 0 Å². The first-order valence-electron chi connectivity index (χ1n) is 8.05. The predicted octanol–water partition coefficient (Wildman–Crippen LogP) is 3.16. The molecule has 2 aromatic rings. The van der Waals surface area contributed by atoms with Crippen LogP contribution >= 0.6 is 22.6 Å². The normalized spacial score (nSPS) is 11.9. The molecule has 1 atom stereocenters. The lowest BCUT2D eigenvalue weighted by atomic mass is 10.2. The van der Waals surface area contributed by atoms with Gasteiger partial charge in [0.15, 0.2) is 21.4 Å². The topological polar surface area (TPSA) is 87.0 Å². The minimum atomic E-state index is -0.931. The molecule has 2 rings (SSSR count). The van der Waals surface area contributed by atoms with E-state index in [1.54, 1.807) is 38.5 Å². The number of amides is 1. The van der Waals surface area contributed by atoms with E-state index in [0.717, 1.165) is 5.56 Å². The molecule has 0 aliphatic rings. The zero-order valence-corrected chi connectivity index (χ0v) is 17.3. The van der Waals surface area contributed by atoms with Crippen LogP contribution in [0.3, 0.4) is 0 Å². The van der Waals surface area contributed by atoms with Crippen molar-refractivity contribution in [2.75, 3.05) is 14.2 Å². The number of rotatable bonds is 8. The Morgan fingerprint density at radius 1 is 1.19 bits per heavy atom. The van der Waals surface area contributed by atoms with Crippen molar-refractivity contribution in [3.63, 3.8) is 0 Å². The standard InChI is InChI=1S/C19H20INO6/c1-12(26-18(22)9-6-14-5-8-17(20)27-14)19(23)21-11-13-4-7-15(24-2)16(10-13)25-3/h4-10,12H,11H2,1-3H3,(H,21,23)/b9-6+. The third-order valence-corrected chi connectivity index (χ3v) is 4.13. The molecule has 0 radical (unpaired) electrons. The molecule has 0 bridgehead atoms. The number of carbonyl (C=O) groups excluding carboxylic acids is 2. The number of methoxy groups -OCH3 is 2. The van der Waals surface area contributed by atoms with Gasteiger partial charge in [0.1, 0.15) is 5.76 Å². The third kappa shape index (κ3) is 6.31. The van der Waals surface area contributed by atoms with E-state index in [9.17, 15) is 9.59 Å². The van der Waals surface area contributed by atoms with E-state index in [-0.39, 0.29) is 6.54 Å². The van der Waals surface area contributed by atoms with Crippen LogP contribution in [0.5, 0.6) is 11.5 Å². The molecular formula is C19H20INO6. The lowest BCUT2D eigenvalue weighted by Crippen LogP contribution is -2.35. The van der Waals surface area contributed by atoms with E-state index in [4.69, 9.17) is 18.6 Å². The number of halogens is 1. The van der Waals surface area contributed by atoms with Crippen LogP contribution in [0.4, 0.5) is 0 Å². The summed E-state index contributed by atoms with van der Waals surface area (Å²) in [5.74, 6) is 0.672. The van der Waals surface area contributed by atoms with E-state index >= 15 is 0 Å². The molecule has 7 nitrogen and oxygen atoms in total. The summed E-state index contributed by atoms with van der Waals surface area (Å²) in [6, 6.07) is 8.83. The van der Waals surface area contributed by atoms with Gasteiger partial charge in [0.25, 0.3) is 5.91 Å². The minimum absolute atomic E-state index is 0.266. The fraction of sp³-hybridized carbons (Fsp3) is 0.263. The van der Waals surface area contributed by atoms with E-state index in [2.05, 4.69) is 5.32 Å². The quantitative estimate of drug-likeness (QED) is 0.351. The highest BCUT2D eigenvalue weighted by molar-refractivity contribution is 14.1. The Labute approximate surface area is 170 Å². The molecule has 144 valence electrons. The van der Waals surface area contributed by atoms with Crippen molar-refractivity contribution < 1.29 is 28.2 Å². The second-order valence-corrected chi connectivity index (χ2v) is 6.52. The van der Waals surface area contributed by atoms with Gasteiger partial charge in [0, 0.05) is 12.6 Å². The van der Waals surface area contributed by atoms with Gasteiger partial charge in [-0.25, -0.2) is 4.79 Å². The van der Waals surface area contributed by atoms with Crippen molar-refractivity contribution in [3.8, 4) is 11.5 Å². The summed E-state index contributed by atoms with van der Waals surface area (Å²) >= 11 is 2.02. The molecule has 1 aromatic carbocycles. The molecule has 1 N–H and O–H groups in total. The zero-order chi connectivity index (χ0) is 19.8. The first-order chi connectivity index (χ1) is 12.9. The Morgan fingerprint density at radius 2 is 1.93 bits per heavy atom. The third-order valence-electron chi connectivity index (χ3n) is 3.55. The largest absolute Gasteiger partial charge is 0.493 e. The first kappa shape index (κ1) is 20.8. The van der Waals surface area contributed by atoms with Gasteiger partial charge < -0.3 is 23.9 Å². The maximum Gasteiger partial charge on any atom is 0.331 e. The average Bonchev–Trinajstić information content (AvgIpc) is 3.09. The highest BCUT2D eigenvalue weighted by Crippen LogP contribution is 2.27. The van der Waals surface area contributed by atoms with Crippen LogP contribution in [0.1, 0.15) is 18.2 Å². The monoisotopic (exact) mass is 485 g/mol. The number of ether oxygens (including phenoxy) is 3. The van der Waals surface area contributed by atoms with Crippen molar-refractivity contribution >= 4 is 40.5 Å². The molecule has 8 heteroatoms. The van der Waals surface area contributed by atoms with Crippen LogP contribution < -0.4 is 14.8 Å². The highest BCUT2D eigenvalue weighted by Gasteiger charge is 2.16. The van der Waals surface area contributed by atoms with Crippen molar-refractivity contribution in [2.24, 2.45) is 0 Å². The first-order valence-corrected chi connectivity index (χ1v) is 9.13. The van der Waals surface area contributed by atoms with Crippen molar-refractivity contribution in [2.45, 2.75) is 19.6 Å².